The Morgan fingerprint density at radius 3 is 2.00 bits per heavy atom. The van der Waals surface area contributed by atoms with E-state index in [1.54, 1.807) is 7.06 Å². The molecule has 0 N–H and O–H groups in total. The second-order valence-corrected chi connectivity index (χ2v) is 2.61. The lowest BCUT2D eigenvalue weighted by Crippen LogP contribution is -1.98. The van der Waals surface area contributed by atoms with Crippen molar-refractivity contribution in [2.75, 3.05) is 5.88 Å². The van der Waals surface area contributed by atoms with Crippen molar-refractivity contribution in [1.29, 1.82) is 0 Å². The van der Waals surface area contributed by atoms with Gasteiger partial charge < -0.3 is 0 Å². The lowest BCUT2D eigenvalue weighted by atomic mass is 9.27. The largest absolute Gasteiger partial charge is 0.127 e. The van der Waals surface area contributed by atoms with E-state index in [1.165, 1.54) is 19.3 Å². The summed E-state index contributed by atoms with van der Waals surface area (Å²) in [5, 5.41) is 0. The van der Waals surface area contributed by atoms with Crippen LogP contribution in [0.1, 0.15) is 33.1 Å². The minimum Gasteiger partial charge on any atom is -0.127 e. The van der Waals surface area contributed by atoms with Crippen LogP contribution in [-0.4, -0.2) is 27.8 Å². The SMILES string of the molecule is CCCCCCl.[B][B][B]CC. The van der Waals surface area contributed by atoms with Gasteiger partial charge >= 0.3 is 0 Å². The molecule has 0 amide bonds. The lowest BCUT2D eigenvalue weighted by molar-refractivity contribution is 0.776. The van der Waals surface area contributed by atoms with Crippen molar-refractivity contribution in [3.05, 3.63) is 0 Å². The zero-order valence-electron chi connectivity index (χ0n) is 7.65. The molecule has 0 rings (SSSR count). The molecule has 4 heteroatoms. The van der Waals surface area contributed by atoms with E-state index in [1.807, 2.05) is 14.1 Å². The maximum Gasteiger partial charge on any atom is 0.0541 e. The van der Waals surface area contributed by atoms with Crippen molar-refractivity contribution in [3.63, 3.8) is 0 Å². The van der Waals surface area contributed by atoms with Crippen LogP contribution in [0.3, 0.4) is 0 Å². The molecule has 0 aromatic rings. The normalized spacial score (nSPS) is 7.91. The molecule has 0 aliphatic heterocycles. The second-order valence-electron chi connectivity index (χ2n) is 2.23. The monoisotopic (exact) mass is 168 g/mol. The fourth-order valence-corrected chi connectivity index (χ4v) is 0.670. The number of hydrogen-bond donors (Lipinski definition) is 0. The summed E-state index contributed by atoms with van der Waals surface area (Å²) >= 11 is 5.38. The van der Waals surface area contributed by atoms with Gasteiger partial charge in [-0.05, 0) is 6.42 Å². The Hall–Kier alpha value is 0.485. The van der Waals surface area contributed by atoms with Crippen LogP contribution in [0.2, 0.25) is 6.32 Å². The van der Waals surface area contributed by atoms with E-state index in [9.17, 15) is 0 Å². The van der Waals surface area contributed by atoms with Crippen molar-refractivity contribution in [3.8, 4) is 0 Å². The average Bonchev–Trinajstić information content (AvgIpc) is 2.04. The average molecular weight is 168 g/mol. The third-order valence-corrected chi connectivity index (χ3v) is 1.38. The highest BCUT2D eigenvalue weighted by Crippen LogP contribution is 1.93. The van der Waals surface area contributed by atoms with Gasteiger partial charge in [-0.25, -0.2) is 0 Å². The van der Waals surface area contributed by atoms with Gasteiger partial charge in [0.15, 0.2) is 0 Å². The zero-order valence-corrected chi connectivity index (χ0v) is 8.40. The Morgan fingerprint density at radius 2 is 1.91 bits per heavy atom. The predicted octanol–water partition coefficient (Wildman–Crippen LogP) is 2.25. The molecular formula is C7H16B3Cl. The first-order valence-corrected chi connectivity index (χ1v) is 4.79. The van der Waals surface area contributed by atoms with E-state index in [-0.39, 0.29) is 0 Å². The summed E-state index contributed by atoms with van der Waals surface area (Å²) in [5.74, 6) is 0.827. The van der Waals surface area contributed by atoms with Gasteiger partial charge in [0.25, 0.3) is 0 Å². The molecule has 0 unspecified atom stereocenters. The first kappa shape index (κ1) is 14.0. The molecule has 0 heterocycles. The Morgan fingerprint density at radius 1 is 1.27 bits per heavy atom. The minimum atomic E-state index is 0.827. The van der Waals surface area contributed by atoms with Crippen LogP contribution in [0.15, 0.2) is 0 Å². The number of hydrogen-bond acceptors (Lipinski definition) is 0. The predicted molar refractivity (Wildman–Crippen MR) is 58.0 cm³/mol. The van der Waals surface area contributed by atoms with Gasteiger partial charge in [0.1, 0.15) is 0 Å². The number of rotatable bonds is 5. The summed E-state index contributed by atoms with van der Waals surface area (Å²) < 4.78 is 0. The van der Waals surface area contributed by atoms with Crippen molar-refractivity contribution in [2.45, 2.75) is 39.4 Å². The van der Waals surface area contributed by atoms with Gasteiger partial charge in [-0.3, -0.25) is 0 Å². The first-order valence-electron chi connectivity index (χ1n) is 4.26. The highest BCUT2D eigenvalue weighted by Gasteiger charge is 1.76. The molecule has 0 aliphatic rings. The molecule has 0 atom stereocenters. The van der Waals surface area contributed by atoms with Crippen molar-refractivity contribution < 1.29 is 0 Å². The number of alkyl halides is 1. The molecule has 0 aliphatic carbocycles. The zero-order chi connectivity index (χ0) is 8.95. The van der Waals surface area contributed by atoms with Crippen LogP contribution in [0.4, 0.5) is 0 Å². The van der Waals surface area contributed by atoms with E-state index in [2.05, 4.69) is 6.92 Å². The molecule has 60 valence electrons. The quantitative estimate of drug-likeness (QED) is 0.335. The number of unbranched alkanes of at least 4 members (excludes halogenated alkanes) is 2. The van der Waals surface area contributed by atoms with Gasteiger partial charge in [0, 0.05) is 20.7 Å². The van der Waals surface area contributed by atoms with Crippen molar-refractivity contribution in [2.24, 2.45) is 0 Å². The number of halogens is 1. The Kier molecular flexibility index (Phi) is 21.5. The van der Waals surface area contributed by atoms with Crippen molar-refractivity contribution >= 4 is 33.6 Å². The highest BCUT2D eigenvalue weighted by atomic mass is 35.5. The van der Waals surface area contributed by atoms with E-state index >= 15 is 0 Å². The van der Waals surface area contributed by atoms with Gasteiger partial charge in [-0.15, -0.1) is 11.6 Å². The first-order chi connectivity index (χ1) is 5.33. The standard InChI is InChI=1S/C5H11Cl.C2H5B3/c1-2-3-4-5-6;1-2-4-5-3/h2-5H2,1H3;2H2,1H3. The summed E-state index contributed by atoms with van der Waals surface area (Å²) in [5.41, 5.74) is 0. The Labute approximate surface area is 79.3 Å². The maximum atomic E-state index is 5.38. The maximum absolute atomic E-state index is 5.38. The molecule has 0 aromatic carbocycles. The van der Waals surface area contributed by atoms with Gasteiger partial charge in [-0.1, -0.05) is 33.0 Å². The molecule has 4 radical (unpaired) electrons. The van der Waals surface area contributed by atoms with Gasteiger partial charge in [0.05, 0.1) is 7.17 Å². The molecule has 0 fully saturated rings. The molecule has 11 heavy (non-hydrogen) atoms. The molecule has 0 nitrogen and oxygen atoms in total. The van der Waals surface area contributed by atoms with Crippen LogP contribution in [0.25, 0.3) is 0 Å². The van der Waals surface area contributed by atoms with Crippen LogP contribution in [0.5, 0.6) is 0 Å². The lowest BCUT2D eigenvalue weighted by Gasteiger charge is -1.84. The summed E-state index contributed by atoms with van der Waals surface area (Å²) in [4.78, 5) is 0. The topological polar surface area (TPSA) is 0 Å². The molecule has 0 saturated heterocycles. The minimum absolute atomic E-state index is 0.827. The van der Waals surface area contributed by atoms with E-state index < -0.39 is 0 Å². The van der Waals surface area contributed by atoms with Crippen LogP contribution < -0.4 is 0 Å². The molecule has 0 aromatic heterocycles. The summed E-state index contributed by atoms with van der Waals surface area (Å²) in [7, 11) is 8.42. The molecular weight excluding hydrogens is 152 g/mol. The fourth-order valence-electron chi connectivity index (χ4n) is 0.481. The van der Waals surface area contributed by atoms with E-state index in [4.69, 9.17) is 19.3 Å². The van der Waals surface area contributed by atoms with Crippen LogP contribution >= 0.6 is 11.6 Å². The van der Waals surface area contributed by atoms with E-state index in [0.29, 0.717) is 0 Å². The fraction of sp³-hybridized carbons (Fsp3) is 1.00. The third-order valence-electron chi connectivity index (χ3n) is 1.11. The molecule has 0 bridgehead atoms. The Bertz CT molecular complexity index is 47.0. The summed E-state index contributed by atoms with van der Waals surface area (Å²) in [6, 6.07) is 0. The highest BCUT2D eigenvalue weighted by molar-refractivity contribution is 7.23. The third kappa shape index (κ3) is 25.1. The van der Waals surface area contributed by atoms with Crippen LogP contribution in [0, 0.1) is 0 Å². The molecule has 0 saturated carbocycles. The van der Waals surface area contributed by atoms with Gasteiger partial charge in [0.2, 0.25) is 0 Å². The summed E-state index contributed by atoms with van der Waals surface area (Å²) in [6.07, 6.45) is 4.77. The summed E-state index contributed by atoms with van der Waals surface area (Å²) in [6.45, 7) is 4.22. The molecule has 0 spiro atoms. The van der Waals surface area contributed by atoms with Gasteiger partial charge in [-0.2, -0.15) is 0 Å². The van der Waals surface area contributed by atoms with E-state index in [0.717, 1.165) is 12.2 Å². The Balaban J connectivity index is 0. The smallest absolute Gasteiger partial charge is 0.0541 e. The van der Waals surface area contributed by atoms with Crippen LogP contribution in [-0.2, 0) is 0 Å². The van der Waals surface area contributed by atoms with Crippen molar-refractivity contribution in [1.82, 2.24) is 0 Å². The second kappa shape index (κ2) is 16.8.